The number of fused-ring (bicyclic) bond motifs is 1. The lowest BCUT2D eigenvalue weighted by atomic mass is 10.1. The number of carboxylic acid groups (broad SMARTS) is 1. The number of carbonyl (C=O) groups is 1. The molecule has 1 unspecified atom stereocenters. The van der Waals surface area contributed by atoms with Crippen molar-refractivity contribution in [3.05, 3.63) is 29.8 Å². The third kappa shape index (κ3) is 2.03. The summed E-state index contributed by atoms with van der Waals surface area (Å²) in [7, 11) is 0. The first-order valence-electron chi connectivity index (χ1n) is 4.92. The molecule has 2 aromatic rings. The molecule has 2 heterocycles. The van der Waals surface area contributed by atoms with E-state index in [0.29, 0.717) is 17.5 Å². The summed E-state index contributed by atoms with van der Waals surface area (Å²) in [5.41, 5.74) is 1.99. The second-order valence-electron chi connectivity index (χ2n) is 3.82. The summed E-state index contributed by atoms with van der Waals surface area (Å²) in [6.07, 6.45) is 1.52. The van der Waals surface area contributed by atoms with Gasteiger partial charge in [-0.15, -0.1) is 0 Å². The summed E-state index contributed by atoms with van der Waals surface area (Å²) in [6.45, 7) is 1.63. The van der Waals surface area contributed by atoms with Crippen LogP contribution in [0.25, 0.3) is 11.0 Å². The van der Waals surface area contributed by atoms with E-state index in [9.17, 15) is 9.18 Å². The molecule has 0 aromatic carbocycles. The highest BCUT2D eigenvalue weighted by molar-refractivity contribution is 5.76. The fourth-order valence-electron chi connectivity index (χ4n) is 1.57. The molecule has 0 fully saturated rings. The maximum absolute atomic E-state index is 12.9. The number of pyridine rings is 1. The lowest BCUT2D eigenvalue weighted by molar-refractivity contribution is -0.141. The van der Waals surface area contributed by atoms with Gasteiger partial charge in [0.25, 0.3) is 0 Å². The van der Waals surface area contributed by atoms with Crippen LogP contribution in [0.2, 0.25) is 0 Å². The highest BCUT2D eigenvalue weighted by atomic mass is 19.1. The Hall–Kier alpha value is -1.91. The Morgan fingerprint density at radius 1 is 1.62 bits per heavy atom. The molecule has 16 heavy (non-hydrogen) atoms. The van der Waals surface area contributed by atoms with Crippen molar-refractivity contribution in [3.63, 3.8) is 0 Å². The van der Waals surface area contributed by atoms with E-state index >= 15 is 0 Å². The minimum atomic E-state index is -0.849. The second kappa shape index (κ2) is 3.92. The minimum absolute atomic E-state index is 0.382. The number of nitrogens with one attached hydrogen (secondary N) is 1. The van der Waals surface area contributed by atoms with E-state index in [1.54, 1.807) is 13.0 Å². The first kappa shape index (κ1) is 10.6. The van der Waals surface area contributed by atoms with Gasteiger partial charge in [-0.05, 0) is 6.07 Å². The molecule has 0 saturated carbocycles. The summed E-state index contributed by atoms with van der Waals surface area (Å²) in [4.78, 5) is 17.5. The third-order valence-corrected chi connectivity index (χ3v) is 2.44. The number of hydrogen-bond acceptors (Lipinski definition) is 2. The number of H-pyrrole nitrogens is 1. The standard InChI is InChI=1S/C11H11FN2O2/c1-6(11(15)16)2-8-4-9-10(14-8)3-7(12)5-13-9/h3-6,14H,2H2,1H3,(H,15,16). The van der Waals surface area contributed by atoms with Crippen LogP contribution in [0, 0.1) is 11.7 Å². The molecule has 0 bridgehead atoms. The Balaban J connectivity index is 2.29. The minimum Gasteiger partial charge on any atom is -0.481 e. The maximum Gasteiger partial charge on any atom is 0.306 e. The molecule has 2 N–H and O–H groups in total. The molecular formula is C11H11FN2O2. The fourth-order valence-corrected chi connectivity index (χ4v) is 1.57. The summed E-state index contributed by atoms with van der Waals surface area (Å²) in [6, 6.07) is 3.09. The van der Waals surface area contributed by atoms with Gasteiger partial charge < -0.3 is 10.1 Å². The summed E-state index contributed by atoms with van der Waals surface area (Å²) in [5.74, 6) is -1.73. The van der Waals surface area contributed by atoms with Crippen molar-refractivity contribution in [2.24, 2.45) is 5.92 Å². The largest absolute Gasteiger partial charge is 0.481 e. The van der Waals surface area contributed by atoms with E-state index in [1.165, 1.54) is 6.07 Å². The Kier molecular flexibility index (Phi) is 2.60. The van der Waals surface area contributed by atoms with E-state index in [0.717, 1.165) is 11.9 Å². The second-order valence-corrected chi connectivity index (χ2v) is 3.82. The number of carboxylic acids is 1. The van der Waals surface area contributed by atoms with Gasteiger partial charge in [-0.1, -0.05) is 6.92 Å². The van der Waals surface area contributed by atoms with E-state index in [4.69, 9.17) is 5.11 Å². The van der Waals surface area contributed by atoms with Crippen LogP contribution in [0.1, 0.15) is 12.6 Å². The number of aromatic amines is 1. The molecule has 1 atom stereocenters. The van der Waals surface area contributed by atoms with Crippen LogP contribution in [0.4, 0.5) is 4.39 Å². The van der Waals surface area contributed by atoms with Gasteiger partial charge in [0, 0.05) is 18.2 Å². The Morgan fingerprint density at radius 2 is 2.38 bits per heavy atom. The molecule has 0 spiro atoms. The zero-order valence-electron chi connectivity index (χ0n) is 8.70. The van der Waals surface area contributed by atoms with E-state index in [1.807, 2.05) is 0 Å². The van der Waals surface area contributed by atoms with E-state index < -0.39 is 17.7 Å². The molecule has 0 aliphatic heterocycles. The molecule has 2 aromatic heterocycles. The molecular weight excluding hydrogens is 211 g/mol. The van der Waals surface area contributed by atoms with Crippen LogP contribution >= 0.6 is 0 Å². The predicted octanol–water partition coefficient (Wildman–Crippen LogP) is 1.97. The molecule has 2 rings (SSSR count). The lowest BCUT2D eigenvalue weighted by Crippen LogP contribution is -2.12. The van der Waals surface area contributed by atoms with Crippen LogP contribution in [0.3, 0.4) is 0 Å². The van der Waals surface area contributed by atoms with Gasteiger partial charge in [0.2, 0.25) is 0 Å². The molecule has 0 amide bonds. The zero-order valence-corrected chi connectivity index (χ0v) is 8.70. The van der Waals surface area contributed by atoms with Crippen molar-refractivity contribution in [3.8, 4) is 0 Å². The van der Waals surface area contributed by atoms with Crippen molar-refractivity contribution in [1.82, 2.24) is 9.97 Å². The van der Waals surface area contributed by atoms with Crippen LogP contribution in [0.5, 0.6) is 0 Å². The molecule has 0 aliphatic rings. The van der Waals surface area contributed by atoms with Gasteiger partial charge in [-0.25, -0.2) is 4.39 Å². The Labute approximate surface area is 91.1 Å². The van der Waals surface area contributed by atoms with Crippen molar-refractivity contribution in [2.45, 2.75) is 13.3 Å². The van der Waals surface area contributed by atoms with Gasteiger partial charge in [-0.2, -0.15) is 0 Å². The van der Waals surface area contributed by atoms with Gasteiger partial charge in [0.1, 0.15) is 5.82 Å². The fraction of sp³-hybridized carbons (Fsp3) is 0.273. The van der Waals surface area contributed by atoms with Gasteiger partial charge in [0.05, 0.1) is 23.1 Å². The number of nitrogens with zero attached hydrogens (tertiary/aromatic N) is 1. The number of aromatic nitrogens is 2. The Bertz CT molecular complexity index is 536. The number of halogens is 1. The zero-order chi connectivity index (χ0) is 11.7. The molecule has 84 valence electrons. The highest BCUT2D eigenvalue weighted by Gasteiger charge is 2.13. The summed E-state index contributed by atoms with van der Waals surface area (Å²) < 4.78 is 12.9. The highest BCUT2D eigenvalue weighted by Crippen LogP contribution is 2.16. The first-order chi connectivity index (χ1) is 7.56. The maximum atomic E-state index is 12.9. The quantitative estimate of drug-likeness (QED) is 0.834. The average Bonchev–Trinajstić information content (AvgIpc) is 2.58. The molecule has 0 saturated heterocycles. The Morgan fingerprint density at radius 3 is 3.06 bits per heavy atom. The molecule has 4 nitrogen and oxygen atoms in total. The van der Waals surface area contributed by atoms with Crippen LogP contribution in [-0.2, 0) is 11.2 Å². The first-order valence-corrected chi connectivity index (χ1v) is 4.92. The van der Waals surface area contributed by atoms with E-state index in [2.05, 4.69) is 9.97 Å². The number of rotatable bonds is 3. The van der Waals surface area contributed by atoms with Gasteiger partial charge in [0.15, 0.2) is 0 Å². The number of aliphatic carboxylic acids is 1. The van der Waals surface area contributed by atoms with Gasteiger partial charge in [-0.3, -0.25) is 9.78 Å². The van der Waals surface area contributed by atoms with Crippen LogP contribution in [-0.4, -0.2) is 21.0 Å². The van der Waals surface area contributed by atoms with Gasteiger partial charge >= 0.3 is 5.97 Å². The molecule has 0 aliphatic carbocycles. The normalized spacial score (nSPS) is 12.9. The average molecular weight is 222 g/mol. The summed E-state index contributed by atoms with van der Waals surface area (Å²) in [5, 5.41) is 8.77. The van der Waals surface area contributed by atoms with Crippen molar-refractivity contribution in [1.29, 1.82) is 0 Å². The van der Waals surface area contributed by atoms with Crippen LogP contribution in [0.15, 0.2) is 18.3 Å². The predicted molar refractivity (Wildman–Crippen MR) is 56.6 cm³/mol. The van der Waals surface area contributed by atoms with Crippen molar-refractivity contribution < 1.29 is 14.3 Å². The van der Waals surface area contributed by atoms with Crippen molar-refractivity contribution >= 4 is 17.0 Å². The van der Waals surface area contributed by atoms with Crippen molar-refractivity contribution in [2.75, 3.05) is 0 Å². The molecule has 5 heteroatoms. The SMILES string of the molecule is CC(Cc1cc2ncc(F)cc2[nH]1)C(=O)O. The topological polar surface area (TPSA) is 66.0 Å². The lowest BCUT2D eigenvalue weighted by Gasteiger charge is -2.02. The summed E-state index contributed by atoms with van der Waals surface area (Å²) >= 11 is 0. The molecule has 0 radical (unpaired) electrons. The monoisotopic (exact) mass is 222 g/mol. The van der Waals surface area contributed by atoms with Crippen LogP contribution < -0.4 is 0 Å². The third-order valence-electron chi connectivity index (χ3n) is 2.44. The number of hydrogen-bond donors (Lipinski definition) is 2. The smallest absolute Gasteiger partial charge is 0.306 e. The van der Waals surface area contributed by atoms with E-state index in [-0.39, 0.29) is 0 Å².